The van der Waals surface area contributed by atoms with Crippen LogP contribution in [0.25, 0.3) is 0 Å². The predicted molar refractivity (Wildman–Crippen MR) is 35.6 cm³/mol. The number of hydrogen-bond acceptors (Lipinski definition) is 2. The molecule has 0 bridgehead atoms. The van der Waals surface area contributed by atoms with Gasteiger partial charge in [-0.1, -0.05) is 12.1 Å². The molecule has 0 unspecified atom stereocenters. The fourth-order valence-corrected chi connectivity index (χ4v) is 0.599. The number of para-hydroxylation sites is 1. The van der Waals surface area contributed by atoms with Gasteiger partial charge in [0.05, 0.1) is 5.56 Å². The van der Waals surface area contributed by atoms with Gasteiger partial charge in [-0.25, -0.2) is 0 Å². The minimum absolute atomic E-state index is 0.539. The van der Waals surface area contributed by atoms with Gasteiger partial charge in [0.15, 0.2) is 0 Å². The van der Waals surface area contributed by atoms with Gasteiger partial charge in [-0.05, 0) is 12.1 Å². The second-order valence-corrected chi connectivity index (χ2v) is 1.70. The predicted octanol–water partition coefficient (Wildman–Crippen LogP) is 1.14. The Labute approximate surface area is 53.5 Å². The third-order valence-corrected chi connectivity index (χ3v) is 1.08. The molecule has 0 saturated heterocycles. The number of benzene rings is 1. The number of rotatable bonds is 0. The molecule has 0 atom stereocenters. The summed E-state index contributed by atoms with van der Waals surface area (Å²) in [5, 5.41) is 8.39. The second-order valence-electron chi connectivity index (χ2n) is 1.70. The van der Waals surface area contributed by atoms with Gasteiger partial charge in [0, 0.05) is 5.69 Å². The molecule has 2 heteroatoms. The molecule has 0 saturated carbocycles. The van der Waals surface area contributed by atoms with Crippen molar-refractivity contribution >= 4 is 5.69 Å². The molecular formula is C7H6N2. The number of nitrogens with two attached hydrogens (primary N) is 1. The average Bonchev–Trinajstić information content (AvgIpc) is 1.89. The van der Waals surface area contributed by atoms with Crippen LogP contribution in [0.5, 0.6) is 0 Å². The van der Waals surface area contributed by atoms with Crippen molar-refractivity contribution in [3.8, 4) is 6.07 Å². The van der Waals surface area contributed by atoms with E-state index >= 15 is 0 Å². The molecule has 1 aromatic rings. The first kappa shape index (κ1) is 5.64. The summed E-state index contributed by atoms with van der Waals surface area (Å²) in [6, 6.07) is 8.96. The lowest BCUT2D eigenvalue weighted by Gasteiger charge is -1.91. The van der Waals surface area contributed by atoms with Gasteiger partial charge in [0.25, 0.3) is 0 Å². The highest BCUT2D eigenvalue weighted by Gasteiger charge is 1.90. The largest absolute Gasteiger partial charge is 0.398 e. The zero-order valence-corrected chi connectivity index (χ0v) is 4.83. The van der Waals surface area contributed by atoms with Crippen LogP contribution in [-0.2, 0) is 0 Å². The molecular weight excluding hydrogens is 114 g/mol. The van der Waals surface area contributed by atoms with Crippen molar-refractivity contribution in [2.24, 2.45) is 0 Å². The Kier molecular flexibility index (Phi) is 1.37. The van der Waals surface area contributed by atoms with Crippen molar-refractivity contribution in [3.05, 3.63) is 29.8 Å². The maximum atomic E-state index is 8.39. The summed E-state index contributed by atoms with van der Waals surface area (Å²) >= 11 is 0. The van der Waals surface area contributed by atoms with Crippen LogP contribution < -0.4 is 5.73 Å². The molecule has 44 valence electrons. The van der Waals surface area contributed by atoms with E-state index in [-0.39, 0.29) is 0 Å². The van der Waals surface area contributed by atoms with Gasteiger partial charge in [-0.15, -0.1) is 0 Å². The number of anilines is 1. The lowest BCUT2D eigenvalue weighted by molar-refractivity contribution is 1.48. The van der Waals surface area contributed by atoms with Gasteiger partial charge in [-0.3, -0.25) is 0 Å². The fraction of sp³-hybridized carbons (Fsp3) is 0. The van der Waals surface area contributed by atoms with E-state index in [1.807, 2.05) is 6.07 Å². The first-order valence-corrected chi connectivity index (χ1v) is 2.59. The highest BCUT2D eigenvalue weighted by Crippen LogP contribution is 2.06. The van der Waals surface area contributed by atoms with Gasteiger partial charge in [0.2, 0.25) is 0 Å². The van der Waals surface area contributed by atoms with Crippen LogP contribution >= 0.6 is 0 Å². The Balaban J connectivity index is 3.20. The van der Waals surface area contributed by atoms with Crippen LogP contribution in [0.2, 0.25) is 0 Å². The zero-order chi connectivity index (χ0) is 6.69. The van der Waals surface area contributed by atoms with Gasteiger partial charge in [-0.2, -0.15) is 5.26 Å². The molecule has 0 fully saturated rings. The quantitative estimate of drug-likeness (QED) is 0.522. The lowest BCUT2D eigenvalue weighted by atomic mass is 10.3. The van der Waals surface area contributed by atoms with Crippen molar-refractivity contribution < 1.29 is 0 Å². The van der Waals surface area contributed by atoms with Crippen LogP contribution in [0.3, 0.4) is 0 Å². The Morgan fingerprint density at radius 1 is 1.33 bits per heavy atom. The fourth-order valence-electron chi connectivity index (χ4n) is 0.599. The topological polar surface area (TPSA) is 49.8 Å². The molecule has 0 radical (unpaired) electrons. The summed E-state index contributed by atoms with van der Waals surface area (Å²) in [7, 11) is 0. The Morgan fingerprint density at radius 3 is 2.44 bits per heavy atom. The normalized spacial score (nSPS) is 8.33. The number of nitrogen functional groups attached to an aromatic ring is 1. The minimum atomic E-state index is 0.539. The number of nitrogens with zero attached hydrogens (tertiary/aromatic N) is 1. The minimum Gasteiger partial charge on any atom is -0.398 e. The van der Waals surface area contributed by atoms with E-state index in [1.54, 1.807) is 24.3 Å². The molecule has 0 amide bonds. The van der Waals surface area contributed by atoms with Crippen LogP contribution in [0.4, 0.5) is 5.69 Å². The molecule has 1 rings (SSSR count). The standard InChI is InChI=1S/C7H6N2/c8-5-6-3-1-2-4-7(6)9/h1-4H,9H2/i5+2. The van der Waals surface area contributed by atoms with Crippen molar-refractivity contribution in [2.75, 3.05) is 5.73 Å². The van der Waals surface area contributed by atoms with Crippen molar-refractivity contribution in [1.82, 2.24) is 0 Å². The first-order chi connectivity index (χ1) is 4.34. The summed E-state index contributed by atoms with van der Waals surface area (Å²) < 4.78 is 0. The van der Waals surface area contributed by atoms with Gasteiger partial charge < -0.3 is 5.73 Å². The molecule has 1 aromatic carbocycles. The van der Waals surface area contributed by atoms with Gasteiger partial charge in [0.1, 0.15) is 6.07 Å². The Morgan fingerprint density at radius 2 is 2.00 bits per heavy atom. The molecule has 0 spiro atoms. The third-order valence-electron chi connectivity index (χ3n) is 1.08. The molecule has 0 aliphatic carbocycles. The monoisotopic (exact) mass is 120 g/mol. The molecule has 0 aliphatic heterocycles. The van der Waals surface area contributed by atoms with E-state index in [2.05, 4.69) is 0 Å². The first-order valence-electron chi connectivity index (χ1n) is 2.59. The summed E-state index contributed by atoms with van der Waals surface area (Å²) in [6.45, 7) is 0. The van der Waals surface area contributed by atoms with Crippen molar-refractivity contribution in [1.29, 1.82) is 5.26 Å². The Hall–Kier alpha value is -1.49. The number of nitriles is 1. The molecule has 0 aliphatic rings. The average molecular weight is 120 g/mol. The lowest BCUT2D eigenvalue weighted by Crippen LogP contribution is -1.87. The second kappa shape index (κ2) is 2.19. The Bertz CT molecular complexity index is 247. The highest BCUT2D eigenvalue weighted by atomic mass is 14.9. The summed E-state index contributed by atoms with van der Waals surface area (Å²) in [6.07, 6.45) is 0. The smallest absolute Gasteiger partial charge is 0.101 e. The van der Waals surface area contributed by atoms with E-state index in [9.17, 15) is 0 Å². The van der Waals surface area contributed by atoms with Crippen LogP contribution in [0, 0.1) is 11.3 Å². The van der Waals surface area contributed by atoms with Crippen LogP contribution in [0.1, 0.15) is 5.56 Å². The van der Waals surface area contributed by atoms with E-state index in [1.165, 1.54) is 0 Å². The maximum absolute atomic E-state index is 8.39. The van der Waals surface area contributed by atoms with E-state index < -0.39 is 0 Å². The van der Waals surface area contributed by atoms with E-state index in [0.29, 0.717) is 11.3 Å². The van der Waals surface area contributed by atoms with Crippen molar-refractivity contribution in [3.63, 3.8) is 0 Å². The highest BCUT2D eigenvalue weighted by molar-refractivity contribution is 5.53. The molecule has 9 heavy (non-hydrogen) atoms. The van der Waals surface area contributed by atoms with Crippen LogP contribution in [0.15, 0.2) is 24.3 Å². The van der Waals surface area contributed by atoms with E-state index in [0.717, 1.165) is 0 Å². The SMILES string of the molecule is N#[14C]c1ccccc1N. The summed E-state index contributed by atoms with van der Waals surface area (Å²) in [5.74, 6) is 0. The summed E-state index contributed by atoms with van der Waals surface area (Å²) in [4.78, 5) is 0. The molecule has 2 N–H and O–H groups in total. The zero-order valence-electron chi connectivity index (χ0n) is 4.83. The van der Waals surface area contributed by atoms with E-state index in [4.69, 9.17) is 11.0 Å². The molecule has 0 heterocycles. The van der Waals surface area contributed by atoms with Gasteiger partial charge >= 0.3 is 0 Å². The molecule has 2 nitrogen and oxygen atoms in total. The third kappa shape index (κ3) is 1.000. The summed E-state index contributed by atoms with van der Waals surface area (Å²) in [5.41, 5.74) is 6.49. The van der Waals surface area contributed by atoms with Crippen LogP contribution in [-0.4, -0.2) is 0 Å². The maximum Gasteiger partial charge on any atom is 0.101 e. The number of hydrogen-bond donors (Lipinski definition) is 1. The van der Waals surface area contributed by atoms with Crippen molar-refractivity contribution in [2.45, 2.75) is 0 Å². The molecule has 0 aromatic heterocycles.